The summed E-state index contributed by atoms with van der Waals surface area (Å²) in [5.41, 5.74) is 0.123. The lowest BCUT2D eigenvalue weighted by Gasteiger charge is -2.39. The third-order valence-corrected chi connectivity index (χ3v) is 6.17. The van der Waals surface area contributed by atoms with Crippen LogP contribution in [0.5, 0.6) is 0 Å². The predicted molar refractivity (Wildman–Crippen MR) is 115 cm³/mol. The average molecular weight is 405 g/mol. The lowest BCUT2D eigenvalue weighted by Crippen LogP contribution is -2.56. The Bertz CT molecular complexity index is 1020. The van der Waals surface area contributed by atoms with E-state index >= 15 is 0 Å². The molecule has 4 rings (SSSR count). The van der Waals surface area contributed by atoms with E-state index in [2.05, 4.69) is 6.58 Å². The van der Waals surface area contributed by atoms with Crippen molar-refractivity contribution in [2.45, 2.75) is 63.3 Å². The number of carbonyl (C=O) groups excluding carboxylic acids is 2. The van der Waals surface area contributed by atoms with Crippen LogP contribution in [-0.2, 0) is 24.7 Å². The molecule has 0 spiro atoms. The summed E-state index contributed by atoms with van der Waals surface area (Å²) in [6.07, 6.45) is 0.692. The van der Waals surface area contributed by atoms with Crippen LogP contribution in [0.4, 0.5) is 0 Å². The Morgan fingerprint density at radius 3 is 2.37 bits per heavy atom. The quantitative estimate of drug-likeness (QED) is 0.410. The standard InChI is InChI=1S/C26H28O4/c1-17-11-9-10-14-20(17)22-18(2)25(19-12-7-6-8-13-19)16-15-21(27)26(22,30-25)23(28)29-24(3,4)5/h6-14,22H,2,15-16H2,1,3-5H3/t22-,25+,26-/m0/s1. The summed E-state index contributed by atoms with van der Waals surface area (Å²) in [6.45, 7) is 11.8. The summed E-state index contributed by atoms with van der Waals surface area (Å²) in [5, 5.41) is 0. The van der Waals surface area contributed by atoms with Crippen LogP contribution in [0.1, 0.15) is 56.2 Å². The maximum absolute atomic E-state index is 13.6. The van der Waals surface area contributed by atoms with Gasteiger partial charge >= 0.3 is 5.97 Å². The highest BCUT2D eigenvalue weighted by molar-refractivity contribution is 6.11. The number of ketones is 1. The average Bonchev–Trinajstić information content (AvgIpc) is 2.92. The highest BCUT2D eigenvalue weighted by Crippen LogP contribution is 2.62. The molecule has 2 aliphatic rings. The van der Waals surface area contributed by atoms with Crippen molar-refractivity contribution in [2.24, 2.45) is 0 Å². The summed E-state index contributed by atoms with van der Waals surface area (Å²) in [7, 11) is 0. The fourth-order valence-corrected chi connectivity index (χ4v) is 4.82. The van der Waals surface area contributed by atoms with Crippen LogP contribution in [0, 0.1) is 6.92 Å². The lowest BCUT2D eigenvalue weighted by molar-refractivity contribution is -0.201. The fraction of sp³-hybridized carbons (Fsp3) is 0.385. The van der Waals surface area contributed by atoms with Gasteiger partial charge in [0.05, 0.1) is 5.92 Å². The van der Waals surface area contributed by atoms with E-state index in [1.54, 1.807) is 20.8 Å². The molecule has 156 valence electrons. The third-order valence-electron chi connectivity index (χ3n) is 6.17. The Hall–Kier alpha value is -2.72. The zero-order valence-electron chi connectivity index (χ0n) is 18.0. The molecule has 2 bridgehead atoms. The van der Waals surface area contributed by atoms with Gasteiger partial charge in [-0.2, -0.15) is 0 Å². The second-order valence-electron chi connectivity index (χ2n) is 9.27. The van der Waals surface area contributed by atoms with Crippen molar-refractivity contribution in [3.8, 4) is 0 Å². The Morgan fingerprint density at radius 1 is 1.10 bits per heavy atom. The van der Waals surface area contributed by atoms with E-state index < -0.39 is 28.7 Å². The van der Waals surface area contributed by atoms with Crippen LogP contribution in [0.2, 0.25) is 0 Å². The molecule has 0 amide bonds. The maximum atomic E-state index is 13.6. The zero-order valence-corrected chi connectivity index (χ0v) is 18.0. The Morgan fingerprint density at radius 2 is 1.73 bits per heavy atom. The molecule has 2 heterocycles. The second-order valence-corrected chi connectivity index (χ2v) is 9.27. The summed E-state index contributed by atoms with van der Waals surface area (Å²) in [6, 6.07) is 17.5. The van der Waals surface area contributed by atoms with Crippen molar-refractivity contribution in [3.63, 3.8) is 0 Å². The first kappa shape index (κ1) is 20.5. The maximum Gasteiger partial charge on any atom is 0.347 e. The van der Waals surface area contributed by atoms with Crippen molar-refractivity contribution >= 4 is 11.8 Å². The molecule has 0 unspecified atom stereocenters. The zero-order chi connectivity index (χ0) is 21.7. The summed E-state index contributed by atoms with van der Waals surface area (Å²) in [4.78, 5) is 27.1. The fourth-order valence-electron chi connectivity index (χ4n) is 4.82. The smallest absolute Gasteiger partial charge is 0.347 e. The molecule has 0 N–H and O–H groups in total. The SMILES string of the molecule is C=C1[C@@H](c2ccccc2C)[C@@]2(C(=O)OC(C)(C)C)O[C@]1(c1ccccc1)CCC2=O. The Labute approximate surface area is 177 Å². The highest BCUT2D eigenvalue weighted by atomic mass is 16.6. The number of carbonyl (C=O) groups is 2. The van der Waals surface area contributed by atoms with E-state index in [0.29, 0.717) is 6.42 Å². The number of hydrogen-bond acceptors (Lipinski definition) is 4. The summed E-state index contributed by atoms with van der Waals surface area (Å²) < 4.78 is 12.4. The molecule has 0 aromatic heterocycles. The molecule has 4 nitrogen and oxygen atoms in total. The number of ether oxygens (including phenoxy) is 2. The van der Waals surface area contributed by atoms with Gasteiger partial charge in [-0.25, -0.2) is 4.79 Å². The van der Waals surface area contributed by atoms with E-state index in [-0.39, 0.29) is 12.2 Å². The van der Waals surface area contributed by atoms with Gasteiger partial charge in [-0.05, 0) is 56.4 Å². The van der Waals surface area contributed by atoms with Gasteiger partial charge in [-0.1, -0.05) is 61.2 Å². The van der Waals surface area contributed by atoms with E-state index in [0.717, 1.165) is 22.3 Å². The normalized spacial score (nSPS) is 28.5. The van der Waals surface area contributed by atoms with Gasteiger partial charge in [0.2, 0.25) is 5.60 Å². The predicted octanol–water partition coefficient (Wildman–Crippen LogP) is 5.00. The first-order chi connectivity index (χ1) is 14.1. The number of benzene rings is 2. The first-order valence-corrected chi connectivity index (χ1v) is 10.4. The van der Waals surface area contributed by atoms with Crippen molar-refractivity contribution < 1.29 is 19.1 Å². The number of rotatable bonds is 3. The molecule has 0 aliphatic carbocycles. The van der Waals surface area contributed by atoms with Crippen molar-refractivity contribution in [3.05, 3.63) is 83.4 Å². The van der Waals surface area contributed by atoms with Gasteiger partial charge in [-0.3, -0.25) is 4.79 Å². The number of esters is 1. The molecule has 0 saturated carbocycles. The van der Waals surface area contributed by atoms with Crippen LogP contribution >= 0.6 is 0 Å². The van der Waals surface area contributed by atoms with E-state index in [9.17, 15) is 9.59 Å². The minimum atomic E-state index is -1.73. The van der Waals surface area contributed by atoms with Gasteiger partial charge in [0.1, 0.15) is 11.2 Å². The number of fused-ring (bicyclic) bond motifs is 2. The molecule has 2 fully saturated rings. The number of Topliss-reactive ketones (excluding diaryl/α,β-unsaturated/α-hetero) is 1. The van der Waals surface area contributed by atoms with E-state index in [1.807, 2.05) is 61.5 Å². The third kappa shape index (κ3) is 2.93. The van der Waals surface area contributed by atoms with Gasteiger partial charge in [0, 0.05) is 6.42 Å². The molecular formula is C26H28O4. The Kier molecular flexibility index (Phi) is 4.74. The van der Waals surface area contributed by atoms with E-state index in [4.69, 9.17) is 9.47 Å². The second kappa shape index (κ2) is 6.92. The highest BCUT2D eigenvalue weighted by Gasteiger charge is 2.70. The largest absolute Gasteiger partial charge is 0.457 e. The van der Waals surface area contributed by atoms with Crippen LogP contribution in [0.15, 0.2) is 66.7 Å². The summed E-state index contributed by atoms with van der Waals surface area (Å²) in [5.74, 6) is -1.48. The van der Waals surface area contributed by atoms with E-state index in [1.165, 1.54) is 0 Å². The first-order valence-electron chi connectivity index (χ1n) is 10.4. The van der Waals surface area contributed by atoms with Gasteiger partial charge < -0.3 is 9.47 Å². The van der Waals surface area contributed by atoms with Crippen LogP contribution in [-0.4, -0.2) is 23.0 Å². The molecule has 2 aromatic rings. The Balaban J connectivity index is 1.96. The van der Waals surface area contributed by atoms with Gasteiger partial charge in [0.15, 0.2) is 5.78 Å². The molecule has 0 radical (unpaired) electrons. The van der Waals surface area contributed by atoms with Gasteiger partial charge in [-0.15, -0.1) is 0 Å². The number of aryl methyl sites for hydroxylation is 1. The van der Waals surface area contributed by atoms with Crippen molar-refractivity contribution in [2.75, 3.05) is 0 Å². The van der Waals surface area contributed by atoms with Crippen molar-refractivity contribution in [1.29, 1.82) is 0 Å². The lowest BCUT2D eigenvalue weighted by atomic mass is 9.74. The van der Waals surface area contributed by atoms with Crippen LogP contribution in [0.25, 0.3) is 0 Å². The van der Waals surface area contributed by atoms with Crippen LogP contribution in [0.3, 0.4) is 0 Å². The summed E-state index contributed by atoms with van der Waals surface area (Å²) >= 11 is 0. The topological polar surface area (TPSA) is 52.6 Å². The molecule has 30 heavy (non-hydrogen) atoms. The molecule has 2 saturated heterocycles. The molecule has 2 aromatic carbocycles. The minimum absolute atomic E-state index is 0.232. The monoisotopic (exact) mass is 404 g/mol. The molecule has 3 atom stereocenters. The molecule has 4 heteroatoms. The molecular weight excluding hydrogens is 376 g/mol. The number of hydrogen-bond donors (Lipinski definition) is 0. The minimum Gasteiger partial charge on any atom is -0.457 e. The van der Waals surface area contributed by atoms with Crippen molar-refractivity contribution in [1.82, 2.24) is 0 Å². The van der Waals surface area contributed by atoms with Crippen LogP contribution < -0.4 is 0 Å². The molecule has 2 aliphatic heterocycles. The van der Waals surface area contributed by atoms with Gasteiger partial charge in [0.25, 0.3) is 0 Å².